The number of carbonyl (C=O) groups is 1. The van der Waals surface area contributed by atoms with Crippen molar-refractivity contribution in [2.75, 3.05) is 26.2 Å². The first-order chi connectivity index (χ1) is 11.3. The molecule has 3 aliphatic rings. The molecule has 2 saturated carbocycles. The van der Waals surface area contributed by atoms with Gasteiger partial charge >= 0.3 is 5.97 Å². The molecule has 2 bridgehead atoms. The Morgan fingerprint density at radius 3 is 2.54 bits per heavy atom. The van der Waals surface area contributed by atoms with Crippen LogP contribution >= 0.6 is 12.4 Å². The number of esters is 1. The number of nitrogens with zero attached hydrogens (tertiary/aromatic N) is 1. The van der Waals surface area contributed by atoms with Crippen LogP contribution in [-0.4, -0.2) is 37.1 Å². The first kappa shape index (κ1) is 17.8. The van der Waals surface area contributed by atoms with E-state index in [0.717, 1.165) is 26.1 Å². The maximum absolute atomic E-state index is 13.1. The number of hydrogen-bond donors (Lipinski definition) is 0. The summed E-state index contributed by atoms with van der Waals surface area (Å²) in [7, 11) is 0. The second-order valence-electron chi connectivity index (χ2n) is 7.60. The number of rotatable bonds is 5. The second-order valence-corrected chi connectivity index (χ2v) is 7.60. The van der Waals surface area contributed by atoms with Gasteiger partial charge < -0.3 is 4.74 Å². The third kappa shape index (κ3) is 3.09. The van der Waals surface area contributed by atoms with Crippen LogP contribution in [0.3, 0.4) is 0 Å². The zero-order valence-corrected chi connectivity index (χ0v) is 15.1. The average Bonchev–Trinajstić information content (AvgIpc) is 3.32. The van der Waals surface area contributed by atoms with Gasteiger partial charge in [-0.15, -0.1) is 12.4 Å². The van der Waals surface area contributed by atoms with Crippen molar-refractivity contribution in [2.45, 2.75) is 43.9 Å². The van der Waals surface area contributed by atoms with Crippen LogP contribution in [-0.2, 0) is 14.9 Å². The lowest BCUT2D eigenvalue weighted by Crippen LogP contribution is -2.43. The van der Waals surface area contributed by atoms with Crippen LogP contribution in [0.2, 0.25) is 0 Å². The van der Waals surface area contributed by atoms with Gasteiger partial charge in [-0.1, -0.05) is 36.8 Å². The summed E-state index contributed by atoms with van der Waals surface area (Å²) >= 11 is 0. The predicted molar refractivity (Wildman–Crippen MR) is 97.4 cm³/mol. The largest absolute Gasteiger partial charge is 0.464 e. The summed E-state index contributed by atoms with van der Waals surface area (Å²) in [6, 6.07) is 10.4. The number of hydrogen-bond acceptors (Lipinski definition) is 3. The van der Waals surface area contributed by atoms with Crippen LogP contribution in [0, 0.1) is 11.8 Å². The molecule has 1 saturated heterocycles. The SMILES string of the molecule is Cl.O=C(OCCN1CCCC1)C1(c2ccccc2)C[C@@H]2CC[C@H]1C2. The van der Waals surface area contributed by atoms with Gasteiger partial charge in [-0.3, -0.25) is 9.69 Å². The Morgan fingerprint density at radius 2 is 1.92 bits per heavy atom. The number of halogens is 1. The molecule has 24 heavy (non-hydrogen) atoms. The Labute approximate surface area is 151 Å². The van der Waals surface area contributed by atoms with Crippen LogP contribution in [0.25, 0.3) is 0 Å². The molecule has 0 aromatic heterocycles. The fraction of sp³-hybridized carbons (Fsp3) is 0.650. The Kier molecular flexibility index (Phi) is 5.51. The predicted octanol–water partition coefficient (Wildman–Crippen LogP) is 3.81. The highest BCUT2D eigenvalue weighted by molar-refractivity contribution is 5.85. The van der Waals surface area contributed by atoms with Crippen molar-refractivity contribution in [3.8, 4) is 0 Å². The highest BCUT2D eigenvalue weighted by Crippen LogP contribution is 2.57. The van der Waals surface area contributed by atoms with E-state index in [1.165, 1.54) is 37.7 Å². The average molecular weight is 350 g/mol. The summed E-state index contributed by atoms with van der Waals surface area (Å²) in [6.45, 7) is 3.76. The van der Waals surface area contributed by atoms with Gasteiger partial charge in [0.25, 0.3) is 0 Å². The lowest BCUT2D eigenvalue weighted by molar-refractivity contribution is -0.153. The van der Waals surface area contributed by atoms with Gasteiger partial charge in [-0.05, 0) is 62.6 Å². The van der Waals surface area contributed by atoms with E-state index in [2.05, 4.69) is 29.2 Å². The molecule has 4 rings (SSSR count). The second kappa shape index (κ2) is 7.45. The third-order valence-electron chi connectivity index (χ3n) is 6.34. The fourth-order valence-electron chi connectivity index (χ4n) is 5.19. The molecule has 4 heteroatoms. The lowest BCUT2D eigenvalue weighted by Gasteiger charge is -2.36. The molecule has 132 valence electrons. The van der Waals surface area contributed by atoms with Gasteiger partial charge in [0.05, 0.1) is 5.41 Å². The van der Waals surface area contributed by atoms with Crippen molar-refractivity contribution < 1.29 is 9.53 Å². The van der Waals surface area contributed by atoms with Crippen molar-refractivity contribution >= 4 is 18.4 Å². The van der Waals surface area contributed by atoms with Crippen LogP contribution in [0.5, 0.6) is 0 Å². The Bertz CT molecular complexity index is 558. The third-order valence-corrected chi connectivity index (χ3v) is 6.34. The van der Waals surface area contributed by atoms with Crippen molar-refractivity contribution in [1.29, 1.82) is 0 Å². The summed E-state index contributed by atoms with van der Waals surface area (Å²) in [5.74, 6) is 1.23. The molecule has 0 amide bonds. The summed E-state index contributed by atoms with van der Waals surface area (Å²) < 4.78 is 5.82. The molecule has 1 heterocycles. The van der Waals surface area contributed by atoms with E-state index >= 15 is 0 Å². The molecule has 3 fully saturated rings. The summed E-state index contributed by atoms with van der Waals surface area (Å²) in [5.41, 5.74) is 0.813. The van der Waals surface area contributed by atoms with Gasteiger partial charge in [-0.25, -0.2) is 0 Å². The Morgan fingerprint density at radius 1 is 1.17 bits per heavy atom. The molecule has 3 nitrogen and oxygen atoms in total. The highest BCUT2D eigenvalue weighted by atomic mass is 35.5. The summed E-state index contributed by atoms with van der Waals surface area (Å²) in [4.78, 5) is 15.5. The number of likely N-dealkylation sites (tertiary alicyclic amines) is 1. The quantitative estimate of drug-likeness (QED) is 0.757. The minimum Gasteiger partial charge on any atom is -0.464 e. The first-order valence-electron chi connectivity index (χ1n) is 9.24. The first-order valence-corrected chi connectivity index (χ1v) is 9.24. The standard InChI is InChI=1S/C20H27NO2.ClH/c22-19(23-13-12-21-10-4-5-11-21)20(17-6-2-1-3-7-17)15-16-8-9-18(20)14-16;/h1-3,6-7,16,18H,4-5,8-15H2;1H/t16-,18+,20?;/m1./s1. The highest BCUT2D eigenvalue weighted by Gasteiger charge is 2.57. The molecule has 1 aromatic carbocycles. The fourth-order valence-corrected chi connectivity index (χ4v) is 5.19. The molecular weight excluding hydrogens is 322 g/mol. The van der Waals surface area contributed by atoms with E-state index in [1.807, 2.05) is 6.07 Å². The normalized spacial score (nSPS) is 31.8. The molecule has 0 N–H and O–H groups in total. The molecule has 1 aliphatic heterocycles. The Balaban J connectivity index is 0.00000169. The number of carbonyl (C=O) groups excluding carboxylic acids is 1. The molecule has 1 unspecified atom stereocenters. The Hall–Kier alpha value is -1.06. The van der Waals surface area contributed by atoms with E-state index in [1.54, 1.807) is 0 Å². The molecular formula is C20H28ClNO2. The van der Waals surface area contributed by atoms with Gasteiger partial charge in [0.1, 0.15) is 6.61 Å². The van der Waals surface area contributed by atoms with E-state index in [4.69, 9.17) is 4.74 Å². The van der Waals surface area contributed by atoms with Crippen LogP contribution in [0.4, 0.5) is 0 Å². The van der Waals surface area contributed by atoms with Crippen LogP contribution in [0.15, 0.2) is 30.3 Å². The maximum atomic E-state index is 13.1. The topological polar surface area (TPSA) is 29.5 Å². The zero-order valence-electron chi connectivity index (χ0n) is 14.3. The molecule has 2 aliphatic carbocycles. The lowest BCUT2D eigenvalue weighted by atomic mass is 9.68. The molecule has 0 spiro atoms. The summed E-state index contributed by atoms with van der Waals surface area (Å²) in [6.07, 6.45) is 7.23. The number of ether oxygens (including phenoxy) is 1. The monoisotopic (exact) mass is 349 g/mol. The minimum atomic E-state index is -0.366. The van der Waals surface area contributed by atoms with Gasteiger partial charge in [0.2, 0.25) is 0 Å². The van der Waals surface area contributed by atoms with Crippen molar-refractivity contribution in [2.24, 2.45) is 11.8 Å². The van der Waals surface area contributed by atoms with E-state index in [0.29, 0.717) is 18.4 Å². The van der Waals surface area contributed by atoms with E-state index in [-0.39, 0.29) is 23.8 Å². The number of benzene rings is 1. The molecule has 0 radical (unpaired) electrons. The van der Waals surface area contributed by atoms with Gasteiger partial charge in [0.15, 0.2) is 0 Å². The van der Waals surface area contributed by atoms with Crippen molar-refractivity contribution in [1.82, 2.24) is 4.90 Å². The molecule has 1 aromatic rings. The molecule has 3 atom stereocenters. The zero-order chi connectivity index (χ0) is 15.7. The van der Waals surface area contributed by atoms with Crippen molar-refractivity contribution in [3.63, 3.8) is 0 Å². The van der Waals surface area contributed by atoms with Crippen LogP contribution in [0.1, 0.15) is 44.1 Å². The number of fused-ring (bicyclic) bond motifs is 2. The van der Waals surface area contributed by atoms with E-state index < -0.39 is 0 Å². The van der Waals surface area contributed by atoms with E-state index in [9.17, 15) is 4.79 Å². The van der Waals surface area contributed by atoms with Crippen molar-refractivity contribution in [3.05, 3.63) is 35.9 Å². The van der Waals surface area contributed by atoms with Gasteiger partial charge in [-0.2, -0.15) is 0 Å². The smallest absolute Gasteiger partial charge is 0.316 e. The summed E-state index contributed by atoms with van der Waals surface area (Å²) in [5, 5.41) is 0. The minimum absolute atomic E-state index is 0. The van der Waals surface area contributed by atoms with Gasteiger partial charge in [0, 0.05) is 6.54 Å². The van der Waals surface area contributed by atoms with Crippen LogP contribution < -0.4 is 0 Å². The maximum Gasteiger partial charge on any atom is 0.316 e.